The van der Waals surface area contributed by atoms with Gasteiger partial charge < -0.3 is 33.7 Å². The van der Waals surface area contributed by atoms with Crippen LogP contribution in [0.4, 0.5) is 13.2 Å². The molecule has 0 atom stereocenters. The van der Waals surface area contributed by atoms with Crippen LogP contribution in [0.15, 0.2) is 41.3 Å². The zero-order valence-electron chi connectivity index (χ0n) is 30.4. The minimum atomic E-state index is -5.19. The second-order valence-corrected chi connectivity index (χ2v) is 16.5. The van der Waals surface area contributed by atoms with Crippen LogP contribution in [0.25, 0.3) is 10.9 Å². The van der Waals surface area contributed by atoms with Crippen LogP contribution >= 0.6 is 23.2 Å². The third-order valence-electron chi connectivity index (χ3n) is 8.80. The first-order valence-electron chi connectivity index (χ1n) is 16.8. The van der Waals surface area contributed by atoms with Gasteiger partial charge in [0.05, 0.1) is 26.2 Å². The number of carboxylic acids is 1. The Labute approximate surface area is 321 Å². The van der Waals surface area contributed by atoms with E-state index in [1.807, 2.05) is 53.2 Å². The Morgan fingerprint density at radius 2 is 1.61 bits per heavy atom. The first-order valence-corrected chi connectivity index (χ1v) is 19.0. The number of fused-ring (bicyclic) bond motifs is 1. The number of nitrogens with zero attached hydrogens (tertiary/aromatic N) is 4. The third-order valence-corrected chi connectivity index (χ3v) is 11.3. The predicted octanol–water partition coefficient (Wildman–Crippen LogP) is 3.24. The number of piperazine rings is 1. The summed E-state index contributed by atoms with van der Waals surface area (Å²) in [6.07, 6.45) is -4.89. The second kappa shape index (κ2) is 17.0. The number of likely N-dealkylation sites (N-methyl/N-ethyl adjacent to an activating group) is 1. The molecule has 5 rings (SSSR count). The molecular formula is C35H42Cl2F3N5O8S. The number of aryl methyl sites for hydroxylation is 2. The summed E-state index contributed by atoms with van der Waals surface area (Å²) in [5, 5.41) is 9.87. The molecule has 3 aromatic rings. The molecule has 0 bridgehead atoms. The lowest BCUT2D eigenvalue weighted by molar-refractivity contribution is -0.862. The first kappa shape index (κ1) is 43.0. The maximum absolute atomic E-state index is 14.1. The third kappa shape index (κ3) is 10.5. The van der Waals surface area contributed by atoms with Gasteiger partial charge in [0.1, 0.15) is 34.3 Å². The Morgan fingerprint density at radius 1 is 1.02 bits per heavy atom. The SMILES string of the molecule is Cc1cc(C)c2cccc(OCc3c(Cl)ccc(S(=O)(=O)NC4(C(=O)N5CCN(C(=O)C[N+](C)(C)C)CC5)CCOCC4)c3Cl)c2n1.O=C([O-])C(F)(F)F. The van der Waals surface area contributed by atoms with Gasteiger partial charge in [0.2, 0.25) is 15.9 Å². The molecule has 0 aliphatic carbocycles. The van der Waals surface area contributed by atoms with E-state index in [-0.39, 0.29) is 59.4 Å². The van der Waals surface area contributed by atoms with Gasteiger partial charge in [-0.05, 0) is 56.5 Å². The fraction of sp³-hybridized carbons (Fsp3) is 0.486. The molecule has 2 aromatic carbocycles. The number of benzene rings is 2. The molecule has 0 radical (unpaired) electrons. The topological polar surface area (TPSA) is 158 Å². The summed E-state index contributed by atoms with van der Waals surface area (Å²) in [6.45, 7) is 5.93. The fourth-order valence-electron chi connectivity index (χ4n) is 6.10. The van der Waals surface area contributed by atoms with Gasteiger partial charge in [-0.1, -0.05) is 35.3 Å². The molecule has 13 nitrogen and oxygen atoms in total. The molecule has 2 aliphatic heterocycles. The summed E-state index contributed by atoms with van der Waals surface area (Å²) in [6, 6.07) is 10.4. The standard InChI is InChI=1S/C33H42Cl2N5O6S.C2HF3O2/c1-22-19-23(2)36-31-24(22)7-6-8-27(31)46-21-25-26(34)9-10-28(30(25)35)47(43,44)37-33(11-17-45-18-12-33)32(42)39-15-13-38(14-16-39)29(41)20-40(3,4)5;3-2(4,5)1(6)7/h6-10,19,37H,11-18,20-21H2,1-5H3;(H,6,7)/q+1;/p-1. The number of halogens is 5. The van der Waals surface area contributed by atoms with E-state index >= 15 is 0 Å². The van der Waals surface area contributed by atoms with Crippen molar-refractivity contribution in [2.45, 2.75) is 49.9 Å². The Morgan fingerprint density at radius 3 is 2.19 bits per heavy atom. The largest absolute Gasteiger partial charge is 0.542 e. The quantitative estimate of drug-likeness (QED) is 0.320. The average Bonchev–Trinajstić information content (AvgIpc) is 3.07. The van der Waals surface area contributed by atoms with E-state index in [0.717, 1.165) is 16.6 Å². The van der Waals surface area contributed by atoms with Crippen LogP contribution in [0.3, 0.4) is 0 Å². The van der Waals surface area contributed by atoms with Gasteiger partial charge in [0.15, 0.2) is 6.54 Å². The number of carbonyl (C=O) groups excluding carboxylic acids is 3. The van der Waals surface area contributed by atoms with Gasteiger partial charge in [-0.25, -0.2) is 13.4 Å². The van der Waals surface area contributed by atoms with E-state index in [1.54, 1.807) is 15.9 Å². The van der Waals surface area contributed by atoms with Gasteiger partial charge in [-0.2, -0.15) is 17.9 Å². The van der Waals surface area contributed by atoms with Crippen molar-refractivity contribution in [1.82, 2.24) is 19.5 Å². The highest BCUT2D eigenvalue weighted by Gasteiger charge is 2.47. The van der Waals surface area contributed by atoms with Crippen LogP contribution < -0.4 is 14.6 Å². The molecule has 54 heavy (non-hydrogen) atoms. The van der Waals surface area contributed by atoms with E-state index in [1.165, 1.54) is 12.1 Å². The molecule has 3 heterocycles. The first-order chi connectivity index (χ1) is 25.0. The molecule has 296 valence electrons. The fourth-order valence-corrected chi connectivity index (χ4v) is 8.40. The number of para-hydroxylation sites is 1. The second-order valence-electron chi connectivity index (χ2n) is 14.1. The molecule has 2 fully saturated rings. The van der Waals surface area contributed by atoms with Crippen molar-refractivity contribution in [3.05, 3.63) is 63.3 Å². The smallest absolute Gasteiger partial charge is 0.430 e. The van der Waals surface area contributed by atoms with Crippen LogP contribution in [-0.2, 0) is 35.8 Å². The molecule has 2 saturated heterocycles. The van der Waals surface area contributed by atoms with E-state index in [0.29, 0.717) is 54.0 Å². The minimum Gasteiger partial charge on any atom is -0.542 e. The average molecular weight is 821 g/mol. The molecule has 1 N–H and O–H groups in total. The zero-order valence-corrected chi connectivity index (χ0v) is 32.7. The van der Waals surface area contributed by atoms with Crippen molar-refractivity contribution < 1.29 is 55.0 Å². The predicted molar refractivity (Wildman–Crippen MR) is 192 cm³/mol. The number of alkyl halides is 3. The number of carboxylic acid groups (broad SMARTS) is 1. The van der Waals surface area contributed by atoms with Crippen molar-refractivity contribution in [2.75, 3.05) is 67.1 Å². The summed E-state index contributed by atoms with van der Waals surface area (Å²) in [7, 11) is 1.53. The van der Waals surface area contributed by atoms with Crippen molar-refractivity contribution in [3.8, 4) is 5.75 Å². The highest BCUT2D eigenvalue weighted by Crippen LogP contribution is 2.35. The van der Waals surface area contributed by atoms with Crippen molar-refractivity contribution >= 4 is 61.9 Å². The Hall–Kier alpha value is -3.74. The van der Waals surface area contributed by atoms with Gasteiger partial charge >= 0.3 is 6.18 Å². The van der Waals surface area contributed by atoms with Gasteiger partial charge in [-0.15, -0.1) is 0 Å². The number of hydrogen-bond donors (Lipinski definition) is 1. The molecule has 0 saturated carbocycles. The number of aliphatic carboxylic acids is 1. The maximum Gasteiger partial charge on any atom is 0.430 e. The number of ether oxygens (including phenoxy) is 2. The molecular weight excluding hydrogens is 778 g/mol. The van der Waals surface area contributed by atoms with E-state index in [9.17, 15) is 31.2 Å². The van der Waals surface area contributed by atoms with Gasteiger partial charge in [0, 0.05) is 61.1 Å². The van der Waals surface area contributed by atoms with E-state index in [4.69, 9.17) is 42.6 Å². The number of sulfonamides is 1. The Kier molecular flexibility index (Phi) is 13.5. The highest BCUT2D eigenvalue weighted by atomic mass is 35.5. The summed E-state index contributed by atoms with van der Waals surface area (Å²) in [5.74, 6) is -2.82. The summed E-state index contributed by atoms with van der Waals surface area (Å²) in [5.41, 5.74) is 1.43. The van der Waals surface area contributed by atoms with Gasteiger partial charge in [0.25, 0.3) is 5.91 Å². The number of pyridine rings is 1. The van der Waals surface area contributed by atoms with E-state index < -0.39 is 27.7 Å². The summed E-state index contributed by atoms with van der Waals surface area (Å²) < 4.78 is 74.5. The van der Waals surface area contributed by atoms with Crippen LogP contribution in [0.2, 0.25) is 10.0 Å². The molecule has 2 aliphatic rings. The number of amides is 2. The maximum atomic E-state index is 14.1. The van der Waals surface area contributed by atoms with E-state index in [2.05, 4.69) is 9.71 Å². The minimum absolute atomic E-state index is 0.0187. The van der Waals surface area contributed by atoms with Crippen molar-refractivity contribution in [2.24, 2.45) is 0 Å². The molecule has 0 unspecified atom stereocenters. The lowest BCUT2D eigenvalue weighted by atomic mass is 9.89. The zero-order chi connectivity index (χ0) is 40.2. The number of nitrogens with one attached hydrogen (secondary N) is 1. The van der Waals surface area contributed by atoms with Crippen LogP contribution in [0, 0.1) is 13.8 Å². The highest BCUT2D eigenvalue weighted by molar-refractivity contribution is 7.89. The van der Waals surface area contributed by atoms with Crippen molar-refractivity contribution in [1.29, 1.82) is 0 Å². The van der Waals surface area contributed by atoms with Crippen LogP contribution in [-0.4, -0.2) is 124 Å². The van der Waals surface area contributed by atoms with Gasteiger partial charge in [-0.3, -0.25) is 9.59 Å². The Balaban J connectivity index is 0.000000845. The molecule has 0 spiro atoms. The lowest BCUT2D eigenvalue weighted by Gasteiger charge is -2.43. The molecule has 2 amide bonds. The van der Waals surface area contributed by atoms with Crippen LogP contribution in [0.5, 0.6) is 5.75 Å². The normalized spacial score (nSPS) is 16.4. The monoisotopic (exact) mass is 819 g/mol. The number of hydrogen-bond acceptors (Lipinski definition) is 9. The lowest BCUT2D eigenvalue weighted by Crippen LogP contribution is -2.64. The number of carbonyl (C=O) groups is 3. The molecule has 19 heteroatoms. The number of rotatable bonds is 9. The summed E-state index contributed by atoms with van der Waals surface area (Å²) in [4.78, 5) is 43.4. The van der Waals surface area contributed by atoms with Crippen LogP contribution in [0.1, 0.15) is 29.7 Å². The summed E-state index contributed by atoms with van der Waals surface area (Å²) >= 11 is 13.3. The molecule has 1 aromatic heterocycles. The number of aromatic nitrogens is 1. The number of quaternary nitrogens is 1. The van der Waals surface area contributed by atoms with Crippen molar-refractivity contribution in [3.63, 3.8) is 0 Å². The Bertz CT molecular complexity index is 2000.